The molecule has 0 unspecified atom stereocenters. The predicted molar refractivity (Wildman–Crippen MR) is 106 cm³/mol. The van der Waals surface area contributed by atoms with Crippen molar-refractivity contribution >= 4 is 22.5 Å². The van der Waals surface area contributed by atoms with Gasteiger partial charge in [0, 0.05) is 24.7 Å². The van der Waals surface area contributed by atoms with Crippen molar-refractivity contribution in [1.82, 2.24) is 14.3 Å². The van der Waals surface area contributed by atoms with Gasteiger partial charge in [-0.25, -0.2) is 4.98 Å². The van der Waals surface area contributed by atoms with Crippen molar-refractivity contribution in [2.45, 2.75) is 25.8 Å². The van der Waals surface area contributed by atoms with E-state index in [0.29, 0.717) is 17.3 Å². The summed E-state index contributed by atoms with van der Waals surface area (Å²) in [6.45, 7) is 3.76. The number of nitriles is 2. The summed E-state index contributed by atoms with van der Waals surface area (Å²) in [6, 6.07) is 13.0. The van der Waals surface area contributed by atoms with Gasteiger partial charge in [0.15, 0.2) is 5.65 Å². The van der Waals surface area contributed by atoms with Crippen LogP contribution in [0.1, 0.15) is 23.1 Å². The Morgan fingerprint density at radius 3 is 2.70 bits per heavy atom. The molecule has 27 heavy (non-hydrogen) atoms. The second kappa shape index (κ2) is 6.57. The Kier molecular flexibility index (Phi) is 4.22. The molecule has 3 aromatic rings. The van der Waals surface area contributed by atoms with E-state index in [1.807, 2.05) is 31.2 Å². The van der Waals surface area contributed by atoms with E-state index in [4.69, 9.17) is 4.98 Å². The van der Waals surface area contributed by atoms with Crippen LogP contribution in [0.2, 0.25) is 0 Å². The Morgan fingerprint density at radius 1 is 1.26 bits per heavy atom. The summed E-state index contributed by atoms with van der Waals surface area (Å²) in [4.78, 5) is 9.36. The fraction of sp³-hybridized carbons (Fsp3) is 0.381. The van der Waals surface area contributed by atoms with Crippen molar-refractivity contribution in [2.75, 3.05) is 32.1 Å². The second-order valence-electron chi connectivity index (χ2n) is 7.36. The van der Waals surface area contributed by atoms with Gasteiger partial charge in [-0.3, -0.25) is 4.40 Å². The number of aromatic nitrogens is 2. The summed E-state index contributed by atoms with van der Waals surface area (Å²) in [5, 5.41) is 19.3. The van der Waals surface area contributed by atoms with Gasteiger partial charge in [0.25, 0.3) is 0 Å². The summed E-state index contributed by atoms with van der Waals surface area (Å²) in [5.41, 5.74) is 4.89. The molecule has 0 radical (unpaired) electrons. The van der Waals surface area contributed by atoms with Crippen molar-refractivity contribution in [1.29, 1.82) is 10.5 Å². The summed E-state index contributed by atoms with van der Waals surface area (Å²) in [5.74, 6) is 1.01. The van der Waals surface area contributed by atoms with Gasteiger partial charge in [0.1, 0.15) is 11.9 Å². The molecule has 0 N–H and O–H groups in total. The van der Waals surface area contributed by atoms with Crippen molar-refractivity contribution in [3.63, 3.8) is 0 Å². The van der Waals surface area contributed by atoms with Gasteiger partial charge in [0.2, 0.25) is 0 Å². The standard InChI is InChI=1S/C21H22N6/c1-14-16(8-10-22)21(26-11-9-15(13-26)25(2)3)27-19-7-5-4-6-18(19)24-20(27)17(14)12-23/h4-7,15H,8-9,11,13H2,1-3H3/t15-/m0/s1. The molecule has 1 saturated heterocycles. The minimum Gasteiger partial charge on any atom is -0.356 e. The quantitative estimate of drug-likeness (QED) is 0.720. The van der Waals surface area contributed by atoms with Gasteiger partial charge in [-0.1, -0.05) is 12.1 Å². The zero-order chi connectivity index (χ0) is 19.1. The molecule has 0 aliphatic carbocycles. The highest BCUT2D eigenvalue weighted by atomic mass is 15.3. The Morgan fingerprint density at radius 2 is 2.04 bits per heavy atom. The zero-order valence-electron chi connectivity index (χ0n) is 15.9. The highest BCUT2D eigenvalue weighted by Crippen LogP contribution is 2.35. The number of rotatable bonds is 3. The van der Waals surface area contributed by atoms with Crippen LogP contribution in [0.5, 0.6) is 0 Å². The molecule has 0 amide bonds. The van der Waals surface area contributed by atoms with E-state index in [0.717, 1.165) is 47.5 Å². The van der Waals surface area contributed by atoms with E-state index in [1.165, 1.54) is 0 Å². The van der Waals surface area contributed by atoms with Crippen LogP contribution in [0.15, 0.2) is 24.3 Å². The van der Waals surface area contributed by atoms with Crippen LogP contribution in [0.25, 0.3) is 16.7 Å². The molecule has 1 fully saturated rings. The molecule has 2 aromatic heterocycles. The van der Waals surface area contributed by atoms with E-state index in [1.54, 1.807) is 0 Å². The smallest absolute Gasteiger partial charge is 0.157 e. The van der Waals surface area contributed by atoms with E-state index >= 15 is 0 Å². The Labute approximate surface area is 158 Å². The molecule has 1 aliphatic heterocycles. The molecule has 0 bridgehead atoms. The molecule has 0 spiro atoms. The van der Waals surface area contributed by atoms with Crippen LogP contribution in [0.4, 0.5) is 5.82 Å². The molecule has 6 nitrogen and oxygen atoms in total. The molecule has 6 heteroatoms. The molecule has 1 aliphatic rings. The maximum absolute atomic E-state index is 9.80. The first-order valence-electron chi connectivity index (χ1n) is 9.17. The summed E-state index contributed by atoms with van der Waals surface area (Å²) in [6.07, 6.45) is 1.35. The Hall–Kier alpha value is -3.09. The molecule has 1 atom stereocenters. The second-order valence-corrected chi connectivity index (χ2v) is 7.36. The fourth-order valence-electron chi connectivity index (χ4n) is 4.14. The number of para-hydroxylation sites is 2. The molecule has 3 heterocycles. The number of hydrogen-bond donors (Lipinski definition) is 0. The number of benzene rings is 1. The maximum Gasteiger partial charge on any atom is 0.157 e. The highest BCUT2D eigenvalue weighted by molar-refractivity contribution is 5.86. The third kappa shape index (κ3) is 2.61. The van der Waals surface area contributed by atoms with Crippen molar-refractivity contribution in [2.24, 2.45) is 0 Å². The van der Waals surface area contributed by atoms with E-state index in [2.05, 4.69) is 40.4 Å². The third-order valence-corrected chi connectivity index (χ3v) is 5.65. The number of nitrogens with zero attached hydrogens (tertiary/aromatic N) is 6. The predicted octanol–water partition coefficient (Wildman–Crippen LogP) is 2.87. The first-order valence-corrected chi connectivity index (χ1v) is 9.17. The van der Waals surface area contributed by atoms with Crippen LogP contribution in [0.3, 0.4) is 0 Å². The summed E-state index contributed by atoms with van der Waals surface area (Å²) < 4.78 is 2.09. The van der Waals surface area contributed by atoms with Gasteiger partial charge in [0.05, 0.1) is 29.1 Å². The van der Waals surface area contributed by atoms with Gasteiger partial charge in [-0.2, -0.15) is 10.5 Å². The van der Waals surface area contributed by atoms with Crippen LogP contribution in [-0.4, -0.2) is 47.5 Å². The summed E-state index contributed by atoms with van der Waals surface area (Å²) >= 11 is 0. The van der Waals surface area contributed by atoms with Gasteiger partial charge in [-0.05, 0) is 45.1 Å². The zero-order valence-corrected chi connectivity index (χ0v) is 15.9. The average molecular weight is 358 g/mol. The minimum atomic E-state index is 0.279. The highest BCUT2D eigenvalue weighted by Gasteiger charge is 2.30. The fourth-order valence-corrected chi connectivity index (χ4v) is 4.14. The van der Waals surface area contributed by atoms with E-state index in [-0.39, 0.29) is 6.42 Å². The number of hydrogen-bond acceptors (Lipinski definition) is 5. The van der Waals surface area contributed by atoms with E-state index in [9.17, 15) is 10.5 Å². The number of anilines is 1. The molecule has 136 valence electrons. The normalized spacial score (nSPS) is 17.0. The molecular formula is C21H22N6. The molecule has 0 saturated carbocycles. The monoisotopic (exact) mass is 358 g/mol. The lowest BCUT2D eigenvalue weighted by Crippen LogP contribution is -2.32. The van der Waals surface area contributed by atoms with Crippen LogP contribution >= 0.6 is 0 Å². The maximum atomic E-state index is 9.80. The lowest BCUT2D eigenvalue weighted by molar-refractivity contribution is 0.315. The van der Waals surface area contributed by atoms with E-state index < -0.39 is 0 Å². The van der Waals surface area contributed by atoms with Gasteiger partial charge >= 0.3 is 0 Å². The topological polar surface area (TPSA) is 71.4 Å². The number of imidazole rings is 1. The average Bonchev–Trinajstić information content (AvgIpc) is 3.28. The Bertz CT molecular complexity index is 1110. The SMILES string of the molecule is Cc1c(CC#N)c(N2CC[C@H](N(C)C)C2)n2c(nc3ccccc32)c1C#N. The summed E-state index contributed by atoms with van der Waals surface area (Å²) in [7, 11) is 4.22. The van der Waals surface area contributed by atoms with Gasteiger partial charge < -0.3 is 9.80 Å². The van der Waals surface area contributed by atoms with Crippen LogP contribution < -0.4 is 4.90 Å². The van der Waals surface area contributed by atoms with Crippen molar-refractivity contribution in [3.05, 3.63) is 41.0 Å². The minimum absolute atomic E-state index is 0.279. The number of pyridine rings is 1. The third-order valence-electron chi connectivity index (χ3n) is 5.65. The molecule has 4 rings (SSSR count). The van der Waals surface area contributed by atoms with Crippen molar-refractivity contribution < 1.29 is 0 Å². The Balaban J connectivity index is 2.08. The largest absolute Gasteiger partial charge is 0.356 e. The number of likely N-dealkylation sites (N-methyl/N-ethyl adjacent to an activating group) is 1. The lowest BCUT2D eigenvalue weighted by Gasteiger charge is -2.26. The van der Waals surface area contributed by atoms with Crippen molar-refractivity contribution in [3.8, 4) is 12.1 Å². The van der Waals surface area contributed by atoms with Crippen LogP contribution in [0, 0.1) is 29.6 Å². The van der Waals surface area contributed by atoms with Gasteiger partial charge in [-0.15, -0.1) is 0 Å². The first kappa shape index (κ1) is 17.3. The van der Waals surface area contributed by atoms with Crippen LogP contribution in [-0.2, 0) is 6.42 Å². The first-order chi connectivity index (χ1) is 13.1. The number of fused-ring (bicyclic) bond motifs is 3. The molecule has 1 aromatic carbocycles. The lowest BCUT2D eigenvalue weighted by atomic mass is 10.0. The molecular weight excluding hydrogens is 336 g/mol.